The molecule has 0 spiro atoms. The molecule has 0 radical (unpaired) electrons. The zero-order valence-electron chi connectivity index (χ0n) is 28.6. The Morgan fingerprint density at radius 2 is 1.20 bits per heavy atom. The van der Waals surface area contributed by atoms with Gasteiger partial charge in [-0.25, -0.2) is 4.98 Å². The van der Waals surface area contributed by atoms with Crippen LogP contribution in [0.25, 0.3) is 71.6 Å². The number of hydrogen-bond acceptors (Lipinski definition) is 1. The first-order chi connectivity index (χ1) is 25.2. The quantitative estimate of drug-likeness (QED) is 0.186. The number of fused-ring (bicyclic) bond motifs is 11. The number of nitrogens with zero attached hydrogens (tertiary/aromatic N) is 2. The van der Waals surface area contributed by atoms with Gasteiger partial charge in [0, 0.05) is 12.1 Å². The first-order valence-electron chi connectivity index (χ1n) is 18.0. The van der Waals surface area contributed by atoms with Crippen LogP contribution in [0.4, 0.5) is 0 Å². The molecule has 2 nitrogen and oxygen atoms in total. The van der Waals surface area contributed by atoms with Gasteiger partial charge in [-0.1, -0.05) is 140 Å². The molecule has 8 aromatic carbocycles. The summed E-state index contributed by atoms with van der Waals surface area (Å²) in [5, 5.41) is 5.17. The van der Waals surface area contributed by atoms with Crippen LogP contribution >= 0.6 is 0 Å². The summed E-state index contributed by atoms with van der Waals surface area (Å²) < 4.78 is 2.33. The maximum Gasteiger partial charge on any atom is 0.114 e. The van der Waals surface area contributed by atoms with E-state index in [1.54, 1.807) is 0 Å². The zero-order chi connectivity index (χ0) is 33.9. The molecule has 242 valence electrons. The monoisotopic (exact) mass is 652 g/mol. The van der Waals surface area contributed by atoms with E-state index >= 15 is 0 Å². The second-order valence-electron chi connectivity index (χ2n) is 13.7. The molecule has 10 rings (SSSR count). The van der Waals surface area contributed by atoms with Crippen LogP contribution in [0.15, 0.2) is 164 Å². The molecule has 0 saturated heterocycles. The first kappa shape index (κ1) is 29.6. The van der Waals surface area contributed by atoms with E-state index < -0.39 is 0 Å². The molecule has 0 unspecified atom stereocenters. The van der Waals surface area contributed by atoms with Gasteiger partial charge in [0.2, 0.25) is 0 Å². The van der Waals surface area contributed by atoms with Crippen molar-refractivity contribution in [1.82, 2.24) is 9.55 Å². The van der Waals surface area contributed by atoms with Gasteiger partial charge >= 0.3 is 0 Å². The molecule has 0 N–H and O–H groups in total. The van der Waals surface area contributed by atoms with Crippen molar-refractivity contribution < 1.29 is 0 Å². The van der Waals surface area contributed by atoms with Crippen LogP contribution in [0.1, 0.15) is 35.0 Å². The molecular formula is C49H36N2. The van der Waals surface area contributed by atoms with Gasteiger partial charge in [0.25, 0.3) is 0 Å². The van der Waals surface area contributed by atoms with Gasteiger partial charge in [-0.2, -0.15) is 0 Å². The van der Waals surface area contributed by atoms with E-state index in [1.807, 2.05) is 0 Å². The minimum Gasteiger partial charge on any atom is -0.296 e. The van der Waals surface area contributed by atoms with Crippen LogP contribution < -0.4 is 0 Å². The summed E-state index contributed by atoms with van der Waals surface area (Å²) in [6.07, 6.45) is 2.55. The second-order valence-corrected chi connectivity index (χ2v) is 13.7. The lowest BCUT2D eigenvalue weighted by Gasteiger charge is -2.24. The fourth-order valence-corrected chi connectivity index (χ4v) is 8.57. The van der Waals surface area contributed by atoms with E-state index in [9.17, 15) is 0 Å². The van der Waals surface area contributed by atoms with Crippen molar-refractivity contribution in [2.75, 3.05) is 0 Å². The maximum atomic E-state index is 5.00. The largest absolute Gasteiger partial charge is 0.296 e. The summed E-state index contributed by atoms with van der Waals surface area (Å²) in [6, 6.07) is 60.7. The van der Waals surface area contributed by atoms with E-state index in [0.29, 0.717) is 0 Å². The van der Waals surface area contributed by atoms with Crippen molar-refractivity contribution in [2.24, 2.45) is 0 Å². The van der Waals surface area contributed by atoms with Gasteiger partial charge in [-0.3, -0.25) is 4.57 Å². The number of imidazole rings is 1. The normalized spacial score (nSPS) is 12.3. The molecule has 0 bridgehead atoms. The molecular weight excluding hydrogens is 617 g/mol. The third kappa shape index (κ3) is 4.82. The minimum atomic E-state index is 0.829. The highest BCUT2D eigenvalue weighted by atomic mass is 15.1. The highest BCUT2D eigenvalue weighted by Gasteiger charge is 2.23. The van der Waals surface area contributed by atoms with E-state index in [-0.39, 0.29) is 0 Å². The Hall–Kier alpha value is -6.25. The van der Waals surface area contributed by atoms with E-state index in [2.05, 4.69) is 175 Å². The molecule has 1 aromatic heterocycles. The van der Waals surface area contributed by atoms with Crippen molar-refractivity contribution >= 4 is 32.6 Å². The van der Waals surface area contributed by atoms with E-state index in [4.69, 9.17) is 4.98 Å². The van der Waals surface area contributed by atoms with Crippen molar-refractivity contribution in [3.63, 3.8) is 0 Å². The van der Waals surface area contributed by atoms with Crippen molar-refractivity contribution in [3.8, 4) is 39.1 Å². The first-order valence-corrected chi connectivity index (χ1v) is 18.0. The average molecular weight is 653 g/mol. The molecule has 0 aliphatic heterocycles. The summed E-state index contributed by atoms with van der Waals surface area (Å²) in [4.78, 5) is 5.00. The molecule has 1 heterocycles. The number of rotatable bonds is 3. The van der Waals surface area contributed by atoms with Crippen molar-refractivity contribution in [3.05, 3.63) is 192 Å². The lowest BCUT2D eigenvalue weighted by Crippen LogP contribution is -2.04. The van der Waals surface area contributed by atoms with E-state index in [0.717, 1.165) is 41.8 Å². The molecule has 51 heavy (non-hydrogen) atoms. The Labute approximate surface area is 298 Å². The molecule has 2 heteroatoms. The van der Waals surface area contributed by atoms with Crippen LogP contribution in [0.5, 0.6) is 0 Å². The Bertz CT molecular complexity index is 2800. The molecule has 9 aromatic rings. The molecule has 0 saturated carbocycles. The number of aryl methyl sites for hydroxylation is 1. The van der Waals surface area contributed by atoms with Gasteiger partial charge in [0.15, 0.2) is 0 Å². The number of benzene rings is 8. The Morgan fingerprint density at radius 1 is 0.510 bits per heavy atom. The SMILES string of the molecule is CCc1nc2ccccc2n1-c1cccc(-c2cc3c(c4ccccc24)-c2ccc4ccccc4c2Cc2ccccc2-c2ccccc2C3)c1. The van der Waals surface area contributed by atoms with Crippen molar-refractivity contribution in [1.29, 1.82) is 0 Å². The summed E-state index contributed by atoms with van der Waals surface area (Å²) >= 11 is 0. The van der Waals surface area contributed by atoms with Crippen LogP contribution in [-0.4, -0.2) is 9.55 Å². The predicted octanol–water partition coefficient (Wildman–Crippen LogP) is 12.4. The smallest absolute Gasteiger partial charge is 0.114 e. The van der Waals surface area contributed by atoms with Gasteiger partial charge in [0.1, 0.15) is 5.82 Å². The molecule has 1 aliphatic rings. The molecule has 0 fully saturated rings. The van der Waals surface area contributed by atoms with Crippen LogP contribution in [-0.2, 0) is 19.3 Å². The Balaban J connectivity index is 1.27. The third-order valence-electron chi connectivity index (χ3n) is 10.9. The fourth-order valence-electron chi connectivity index (χ4n) is 8.57. The van der Waals surface area contributed by atoms with Gasteiger partial charge in [0.05, 0.1) is 11.0 Å². The topological polar surface area (TPSA) is 17.8 Å². The standard InChI is InChI=1S/C49H36N2/c1-2-48-50-46-24-11-12-25-47(46)51(48)37-18-13-17-34(29-37)44-31-36-28-33-15-4-7-20-39(33)40-21-8-5-16-35(40)30-45-38-19-6-3-14-32(38)26-27-43(45)49(36)42-23-10-9-22-41(42)44/h3-27,29,31H,2,28,30H2,1H3. The summed E-state index contributed by atoms with van der Waals surface area (Å²) in [7, 11) is 0. The number of para-hydroxylation sites is 2. The molecule has 0 atom stereocenters. The van der Waals surface area contributed by atoms with Crippen molar-refractivity contribution in [2.45, 2.75) is 26.2 Å². The average Bonchev–Trinajstić information content (AvgIpc) is 3.57. The second kappa shape index (κ2) is 12.0. The molecule has 0 amide bonds. The minimum absolute atomic E-state index is 0.829. The number of aromatic nitrogens is 2. The fraction of sp³-hybridized carbons (Fsp3) is 0.0816. The summed E-state index contributed by atoms with van der Waals surface area (Å²) in [6.45, 7) is 2.19. The number of hydrogen-bond donors (Lipinski definition) is 0. The lowest BCUT2D eigenvalue weighted by molar-refractivity contribution is 0.908. The maximum absolute atomic E-state index is 5.00. The third-order valence-corrected chi connectivity index (χ3v) is 10.9. The highest BCUT2D eigenvalue weighted by molar-refractivity contribution is 6.08. The van der Waals surface area contributed by atoms with Crippen LogP contribution in [0.2, 0.25) is 0 Å². The van der Waals surface area contributed by atoms with Gasteiger partial charge in [-0.15, -0.1) is 0 Å². The van der Waals surface area contributed by atoms with Crippen LogP contribution in [0, 0.1) is 0 Å². The predicted molar refractivity (Wildman–Crippen MR) is 214 cm³/mol. The van der Waals surface area contributed by atoms with Gasteiger partial charge < -0.3 is 0 Å². The summed E-state index contributed by atoms with van der Waals surface area (Å²) in [5.41, 5.74) is 16.5. The summed E-state index contributed by atoms with van der Waals surface area (Å²) in [5.74, 6) is 1.07. The van der Waals surface area contributed by atoms with E-state index in [1.165, 1.54) is 77.2 Å². The molecule has 1 aliphatic carbocycles. The highest BCUT2D eigenvalue weighted by Crippen LogP contribution is 2.45. The Morgan fingerprint density at radius 3 is 2.02 bits per heavy atom. The zero-order valence-corrected chi connectivity index (χ0v) is 28.6. The van der Waals surface area contributed by atoms with Gasteiger partial charge in [-0.05, 0) is 120 Å². The Kier molecular flexibility index (Phi) is 6.95. The lowest BCUT2D eigenvalue weighted by atomic mass is 9.79. The van der Waals surface area contributed by atoms with Crippen LogP contribution in [0.3, 0.4) is 0 Å².